The highest BCUT2D eigenvalue weighted by atomic mass is 16.1. The molecule has 0 aromatic heterocycles. The maximum Gasteiger partial charge on any atom is 0.144 e. The molecule has 0 spiro atoms. The Balaban J connectivity index is 1.84. The first-order valence-corrected chi connectivity index (χ1v) is 6.35. The summed E-state index contributed by atoms with van der Waals surface area (Å²) in [4.78, 5) is 23.6. The van der Waals surface area contributed by atoms with Crippen molar-refractivity contribution in [2.75, 3.05) is 0 Å². The number of carbonyl (C=O) groups excluding carboxylic acids is 2. The third-order valence-corrected chi connectivity index (χ3v) is 2.88. The van der Waals surface area contributed by atoms with Gasteiger partial charge in [-0.05, 0) is 11.1 Å². The molecule has 0 N–H and O–H groups in total. The molecule has 0 atom stereocenters. The van der Waals surface area contributed by atoms with Gasteiger partial charge in [-0.3, -0.25) is 9.59 Å². The van der Waals surface area contributed by atoms with Crippen molar-refractivity contribution in [2.24, 2.45) is 0 Å². The number of ketones is 2. The van der Waals surface area contributed by atoms with Gasteiger partial charge in [0.2, 0.25) is 0 Å². The molecular weight excluding hydrogens is 236 g/mol. The lowest BCUT2D eigenvalue weighted by atomic mass is 10.0. The third kappa shape index (κ3) is 4.51. The van der Waals surface area contributed by atoms with E-state index in [2.05, 4.69) is 0 Å². The first kappa shape index (κ1) is 13.2. The molecule has 2 rings (SSSR count). The van der Waals surface area contributed by atoms with Crippen molar-refractivity contribution in [1.82, 2.24) is 0 Å². The van der Waals surface area contributed by atoms with Crippen molar-refractivity contribution in [2.45, 2.75) is 19.3 Å². The highest BCUT2D eigenvalue weighted by molar-refractivity contribution is 6.00. The molecular formula is C17H16O2. The Morgan fingerprint density at radius 3 is 1.37 bits per heavy atom. The predicted octanol–water partition coefficient (Wildman–Crippen LogP) is 3.00. The van der Waals surface area contributed by atoms with Gasteiger partial charge in [0.05, 0.1) is 6.42 Å². The number of Topliss-reactive ketones (excluding diaryl/α,β-unsaturated/α-hetero) is 2. The van der Waals surface area contributed by atoms with E-state index in [4.69, 9.17) is 0 Å². The summed E-state index contributed by atoms with van der Waals surface area (Å²) in [7, 11) is 0. The molecule has 0 aliphatic carbocycles. The molecule has 0 fully saturated rings. The average molecular weight is 252 g/mol. The zero-order valence-corrected chi connectivity index (χ0v) is 10.7. The summed E-state index contributed by atoms with van der Waals surface area (Å²) in [5.41, 5.74) is 1.92. The van der Waals surface area contributed by atoms with E-state index < -0.39 is 0 Å². The van der Waals surface area contributed by atoms with Crippen molar-refractivity contribution in [3.8, 4) is 0 Å². The average Bonchev–Trinajstić information content (AvgIpc) is 2.40. The zero-order valence-electron chi connectivity index (χ0n) is 10.7. The van der Waals surface area contributed by atoms with E-state index in [1.807, 2.05) is 60.7 Å². The molecule has 0 unspecified atom stereocenters. The maximum atomic E-state index is 11.8. The quantitative estimate of drug-likeness (QED) is 0.741. The van der Waals surface area contributed by atoms with Crippen LogP contribution in [0.15, 0.2) is 60.7 Å². The van der Waals surface area contributed by atoms with Gasteiger partial charge in [0, 0.05) is 12.8 Å². The van der Waals surface area contributed by atoms with E-state index >= 15 is 0 Å². The van der Waals surface area contributed by atoms with E-state index in [1.165, 1.54) is 0 Å². The number of carbonyl (C=O) groups is 2. The van der Waals surface area contributed by atoms with Gasteiger partial charge < -0.3 is 0 Å². The fraction of sp³-hybridized carbons (Fsp3) is 0.176. The summed E-state index contributed by atoms with van der Waals surface area (Å²) in [5, 5.41) is 0. The molecule has 0 radical (unpaired) electrons. The van der Waals surface area contributed by atoms with Gasteiger partial charge in [0.25, 0.3) is 0 Å². The van der Waals surface area contributed by atoms with E-state index in [-0.39, 0.29) is 18.0 Å². The van der Waals surface area contributed by atoms with Gasteiger partial charge in [-0.15, -0.1) is 0 Å². The van der Waals surface area contributed by atoms with Crippen LogP contribution in [0, 0.1) is 0 Å². The van der Waals surface area contributed by atoms with Crippen molar-refractivity contribution in [3.63, 3.8) is 0 Å². The topological polar surface area (TPSA) is 34.1 Å². The summed E-state index contributed by atoms with van der Waals surface area (Å²) in [6.45, 7) is 0. The lowest BCUT2D eigenvalue weighted by Crippen LogP contribution is -2.12. The Bertz CT molecular complexity index is 492. The summed E-state index contributed by atoms with van der Waals surface area (Å²) in [6, 6.07) is 19.0. The molecule has 2 aromatic rings. The molecule has 19 heavy (non-hydrogen) atoms. The van der Waals surface area contributed by atoms with E-state index in [0.717, 1.165) is 11.1 Å². The van der Waals surface area contributed by atoms with Crippen LogP contribution in [-0.2, 0) is 22.4 Å². The first-order valence-electron chi connectivity index (χ1n) is 6.35. The van der Waals surface area contributed by atoms with Crippen LogP contribution in [-0.4, -0.2) is 11.6 Å². The molecule has 0 heterocycles. The van der Waals surface area contributed by atoms with Crippen LogP contribution in [0.4, 0.5) is 0 Å². The lowest BCUT2D eigenvalue weighted by Gasteiger charge is -2.02. The van der Waals surface area contributed by atoms with E-state index in [1.54, 1.807) is 0 Å². The summed E-state index contributed by atoms with van der Waals surface area (Å²) < 4.78 is 0. The highest BCUT2D eigenvalue weighted by Crippen LogP contribution is 2.05. The monoisotopic (exact) mass is 252 g/mol. The van der Waals surface area contributed by atoms with Crippen molar-refractivity contribution in [3.05, 3.63) is 71.8 Å². The molecule has 0 bridgehead atoms. The molecule has 0 amide bonds. The minimum Gasteiger partial charge on any atom is -0.299 e. The van der Waals surface area contributed by atoms with Crippen LogP contribution in [0.3, 0.4) is 0 Å². The van der Waals surface area contributed by atoms with Crippen molar-refractivity contribution < 1.29 is 9.59 Å². The fourth-order valence-corrected chi connectivity index (χ4v) is 1.99. The number of hydrogen-bond acceptors (Lipinski definition) is 2. The second-order valence-electron chi connectivity index (χ2n) is 4.58. The van der Waals surface area contributed by atoms with Crippen LogP contribution >= 0.6 is 0 Å². The Kier molecular flexibility index (Phi) is 4.62. The van der Waals surface area contributed by atoms with Crippen molar-refractivity contribution >= 4 is 11.6 Å². The van der Waals surface area contributed by atoms with Gasteiger partial charge >= 0.3 is 0 Å². The second kappa shape index (κ2) is 6.64. The largest absolute Gasteiger partial charge is 0.299 e. The molecule has 96 valence electrons. The Morgan fingerprint density at radius 2 is 1.00 bits per heavy atom. The maximum absolute atomic E-state index is 11.8. The third-order valence-electron chi connectivity index (χ3n) is 2.88. The van der Waals surface area contributed by atoms with Crippen LogP contribution in [0.25, 0.3) is 0 Å². The number of rotatable bonds is 6. The summed E-state index contributed by atoms with van der Waals surface area (Å²) in [6.07, 6.45) is 0.687. The predicted molar refractivity (Wildman–Crippen MR) is 74.9 cm³/mol. The summed E-state index contributed by atoms with van der Waals surface area (Å²) in [5.74, 6) is -0.0423. The van der Waals surface area contributed by atoms with Gasteiger partial charge in [0.1, 0.15) is 11.6 Å². The fourth-order valence-electron chi connectivity index (χ4n) is 1.99. The van der Waals surface area contributed by atoms with Gasteiger partial charge in [-0.25, -0.2) is 0 Å². The molecule has 0 saturated carbocycles. The minimum absolute atomic E-state index is 0.0176. The Hall–Kier alpha value is -2.22. The number of benzene rings is 2. The molecule has 2 nitrogen and oxygen atoms in total. The molecule has 2 heteroatoms. The molecule has 0 saturated heterocycles. The summed E-state index contributed by atoms with van der Waals surface area (Å²) >= 11 is 0. The Labute approximate surface area is 113 Å². The first-order chi connectivity index (χ1) is 9.24. The highest BCUT2D eigenvalue weighted by Gasteiger charge is 2.10. The van der Waals surface area contributed by atoms with Crippen LogP contribution in [0.5, 0.6) is 0 Å². The van der Waals surface area contributed by atoms with Crippen molar-refractivity contribution in [1.29, 1.82) is 0 Å². The second-order valence-corrected chi connectivity index (χ2v) is 4.58. The van der Waals surface area contributed by atoms with E-state index in [0.29, 0.717) is 12.8 Å². The zero-order chi connectivity index (χ0) is 13.5. The molecule has 0 aliphatic heterocycles. The van der Waals surface area contributed by atoms with Crippen LogP contribution < -0.4 is 0 Å². The SMILES string of the molecule is O=C(CC(=O)Cc1ccccc1)Cc1ccccc1. The van der Waals surface area contributed by atoms with Gasteiger partial charge in [-0.2, -0.15) is 0 Å². The Morgan fingerprint density at radius 1 is 0.632 bits per heavy atom. The van der Waals surface area contributed by atoms with Crippen LogP contribution in [0.2, 0.25) is 0 Å². The molecule has 0 aliphatic rings. The van der Waals surface area contributed by atoms with E-state index in [9.17, 15) is 9.59 Å². The standard InChI is InChI=1S/C17H16O2/c18-16(11-14-7-3-1-4-8-14)13-17(19)12-15-9-5-2-6-10-15/h1-10H,11-13H2. The number of hydrogen-bond donors (Lipinski definition) is 0. The normalized spacial score (nSPS) is 10.1. The molecule has 2 aromatic carbocycles. The smallest absolute Gasteiger partial charge is 0.144 e. The van der Waals surface area contributed by atoms with Crippen LogP contribution in [0.1, 0.15) is 17.5 Å². The minimum atomic E-state index is -0.0212. The van der Waals surface area contributed by atoms with Gasteiger partial charge in [-0.1, -0.05) is 60.7 Å². The lowest BCUT2D eigenvalue weighted by molar-refractivity contribution is -0.126. The van der Waals surface area contributed by atoms with Gasteiger partial charge in [0.15, 0.2) is 0 Å².